The number of benzene rings is 3. The minimum atomic E-state index is -0.178. The van der Waals surface area contributed by atoms with Gasteiger partial charge < -0.3 is 20.6 Å². The van der Waals surface area contributed by atoms with E-state index in [9.17, 15) is 14.7 Å². The molecule has 230 valence electrons. The number of rotatable bonds is 11. The van der Waals surface area contributed by atoms with Crippen LogP contribution in [0.1, 0.15) is 74.3 Å². The van der Waals surface area contributed by atoms with E-state index in [0.29, 0.717) is 30.1 Å². The Kier molecular flexibility index (Phi) is 15.9. The van der Waals surface area contributed by atoms with Gasteiger partial charge >= 0.3 is 0 Å². The number of phenolic OH excluding ortho intramolecular Hbond substituents is 1. The van der Waals surface area contributed by atoms with E-state index in [0.717, 1.165) is 42.6 Å². The van der Waals surface area contributed by atoms with Crippen molar-refractivity contribution < 1.29 is 14.7 Å². The number of phenols is 1. The summed E-state index contributed by atoms with van der Waals surface area (Å²) >= 11 is 1.73. The summed E-state index contributed by atoms with van der Waals surface area (Å²) in [5, 5.41) is 19.2. The van der Waals surface area contributed by atoms with Gasteiger partial charge in [0.05, 0.1) is 0 Å². The number of hydrogen-bond acceptors (Lipinski definition) is 7. The van der Waals surface area contributed by atoms with E-state index < -0.39 is 0 Å². The van der Waals surface area contributed by atoms with E-state index in [1.54, 1.807) is 47.7 Å². The second kappa shape index (κ2) is 19.4. The molecule has 0 bridgehead atoms. The van der Waals surface area contributed by atoms with Crippen molar-refractivity contribution in [3.05, 3.63) is 117 Å². The lowest BCUT2D eigenvalue weighted by Crippen LogP contribution is -2.27. The number of carbonyl (C=O) groups excluding carboxylic acids is 2. The number of aromatic nitrogens is 1. The Bertz CT molecular complexity index is 1390. The van der Waals surface area contributed by atoms with Crippen molar-refractivity contribution in [2.24, 2.45) is 0 Å². The molecule has 8 heteroatoms. The van der Waals surface area contributed by atoms with Crippen LogP contribution in [0.15, 0.2) is 78.2 Å². The van der Waals surface area contributed by atoms with Crippen molar-refractivity contribution in [2.75, 3.05) is 27.2 Å². The highest BCUT2D eigenvalue weighted by Gasteiger charge is 2.06. The molecule has 0 aliphatic rings. The van der Waals surface area contributed by atoms with Gasteiger partial charge in [-0.15, -0.1) is 11.3 Å². The van der Waals surface area contributed by atoms with E-state index in [1.807, 2.05) is 25.1 Å². The molecule has 4 rings (SSSR count). The summed E-state index contributed by atoms with van der Waals surface area (Å²) in [7, 11) is 4.10. The monoisotopic (exact) mass is 602 g/mol. The maximum atomic E-state index is 12.0. The van der Waals surface area contributed by atoms with Crippen LogP contribution in [-0.4, -0.2) is 54.4 Å². The average Bonchev–Trinajstić information content (AvgIpc) is 3.39. The molecule has 3 aromatic carbocycles. The molecule has 0 aliphatic carbocycles. The number of nitrogens with zero attached hydrogens (tertiary/aromatic N) is 2. The Morgan fingerprint density at radius 3 is 2.33 bits per heavy atom. The van der Waals surface area contributed by atoms with Crippen LogP contribution in [0.25, 0.3) is 0 Å². The fourth-order valence-corrected chi connectivity index (χ4v) is 4.81. The highest BCUT2D eigenvalue weighted by molar-refractivity contribution is 7.09. The van der Waals surface area contributed by atoms with Crippen LogP contribution in [0, 0.1) is 13.8 Å². The molecule has 0 saturated heterocycles. The summed E-state index contributed by atoms with van der Waals surface area (Å²) in [5.74, 6) is 0.481. The molecule has 0 atom stereocenters. The number of hydrogen-bond donors (Lipinski definition) is 3. The van der Waals surface area contributed by atoms with Crippen molar-refractivity contribution in [2.45, 2.75) is 53.1 Å². The van der Waals surface area contributed by atoms with Crippen molar-refractivity contribution in [3.63, 3.8) is 0 Å². The molecule has 1 amide bonds. The van der Waals surface area contributed by atoms with Gasteiger partial charge in [-0.25, -0.2) is 4.98 Å². The minimum absolute atomic E-state index is 0.178. The molecular formula is C35H46N4O3S. The number of aldehydes is 1. The van der Waals surface area contributed by atoms with Crippen LogP contribution in [-0.2, 0) is 13.1 Å². The Morgan fingerprint density at radius 1 is 1.00 bits per heavy atom. The molecule has 3 N–H and O–H groups in total. The topological polar surface area (TPSA) is 94.6 Å². The Morgan fingerprint density at radius 2 is 1.74 bits per heavy atom. The Balaban J connectivity index is 0.000000306. The zero-order chi connectivity index (χ0) is 31.6. The number of aromatic hydroxyl groups is 1. The fraction of sp³-hybridized carbons (Fsp3) is 0.343. The molecule has 7 nitrogen and oxygen atoms in total. The number of nitrogens with one attached hydrogen (secondary N) is 2. The molecule has 0 spiro atoms. The highest BCUT2D eigenvalue weighted by atomic mass is 32.1. The lowest BCUT2D eigenvalue weighted by Gasteiger charge is -2.11. The second-order valence-electron chi connectivity index (χ2n) is 10.9. The number of thiazole rings is 1. The minimum Gasteiger partial charge on any atom is -0.508 e. The number of carbonyl (C=O) groups is 2. The molecule has 0 unspecified atom stereocenters. The predicted molar refractivity (Wildman–Crippen MR) is 178 cm³/mol. The van der Waals surface area contributed by atoms with Crippen molar-refractivity contribution in [1.29, 1.82) is 0 Å². The Hall–Kier alpha value is -3.85. The van der Waals surface area contributed by atoms with Crippen LogP contribution in [0.4, 0.5) is 0 Å². The molecule has 43 heavy (non-hydrogen) atoms. The SMILES string of the molecule is CC(C)c1cc(O)cc(CNCCCNC(=O)c2cccc(C=O)c2)c1.Cc1ccccc1.Cc1csc(CN(C)C)n1. The van der Waals surface area contributed by atoms with Crippen LogP contribution in [0.2, 0.25) is 0 Å². The third kappa shape index (κ3) is 14.7. The summed E-state index contributed by atoms with van der Waals surface area (Å²) in [6.45, 7) is 11.2. The highest BCUT2D eigenvalue weighted by Crippen LogP contribution is 2.22. The fourth-order valence-electron chi connectivity index (χ4n) is 3.92. The molecule has 4 aromatic rings. The van der Waals surface area contributed by atoms with Crippen molar-refractivity contribution in [1.82, 2.24) is 20.5 Å². The van der Waals surface area contributed by atoms with Gasteiger partial charge in [0, 0.05) is 41.8 Å². The summed E-state index contributed by atoms with van der Waals surface area (Å²) in [5.41, 5.74) is 5.59. The summed E-state index contributed by atoms with van der Waals surface area (Å²) in [4.78, 5) is 29.2. The number of amides is 1. The zero-order valence-electron chi connectivity index (χ0n) is 26.3. The maximum absolute atomic E-state index is 12.0. The lowest BCUT2D eigenvalue weighted by atomic mass is 10.0. The van der Waals surface area contributed by atoms with Gasteiger partial charge in [-0.05, 0) is 82.2 Å². The van der Waals surface area contributed by atoms with Gasteiger partial charge in [0.15, 0.2) is 0 Å². The largest absolute Gasteiger partial charge is 0.508 e. The van der Waals surface area contributed by atoms with Gasteiger partial charge in [-0.2, -0.15) is 0 Å². The summed E-state index contributed by atoms with van der Waals surface area (Å²) in [6.07, 6.45) is 1.52. The van der Waals surface area contributed by atoms with E-state index in [1.165, 1.54) is 10.6 Å². The van der Waals surface area contributed by atoms with Gasteiger partial charge in [-0.3, -0.25) is 9.59 Å². The van der Waals surface area contributed by atoms with Gasteiger partial charge in [0.25, 0.3) is 5.91 Å². The first-order valence-corrected chi connectivity index (χ1v) is 15.4. The van der Waals surface area contributed by atoms with Crippen LogP contribution >= 0.6 is 11.3 Å². The lowest BCUT2D eigenvalue weighted by molar-refractivity contribution is 0.0953. The number of aryl methyl sites for hydroxylation is 2. The molecule has 0 saturated carbocycles. The molecule has 0 aliphatic heterocycles. The van der Waals surface area contributed by atoms with Crippen LogP contribution in [0.3, 0.4) is 0 Å². The van der Waals surface area contributed by atoms with E-state index >= 15 is 0 Å². The molecule has 1 heterocycles. The third-order valence-electron chi connectivity index (χ3n) is 6.15. The molecule has 0 radical (unpaired) electrons. The maximum Gasteiger partial charge on any atom is 0.251 e. The van der Waals surface area contributed by atoms with Gasteiger partial charge in [-0.1, -0.05) is 67.9 Å². The van der Waals surface area contributed by atoms with Crippen molar-refractivity contribution in [3.8, 4) is 5.75 Å². The summed E-state index contributed by atoms with van der Waals surface area (Å²) < 4.78 is 0. The van der Waals surface area contributed by atoms with Crippen molar-refractivity contribution >= 4 is 23.5 Å². The standard InChI is InChI=1S/C21H26N2O3.C7H12N2S.C7H8/c1-15(2)19-10-17(11-20(25)12-19)13-22-7-4-8-23-21(26)18-6-3-5-16(9-18)14-24;1-6-5-10-7(8-6)4-9(2)3;1-7-5-3-2-4-6-7/h3,5-6,9-12,14-15,22,25H,4,7-8,13H2,1-2H3,(H,23,26);5H,4H2,1-3H3;2-6H,1H3. The van der Waals surface area contributed by atoms with E-state index in [4.69, 9.17) is 0 Å². The van der Waals surface area contributed by atoms with Gasteiger partial charge in [0.1, 0.15) is 17.0 Å². The molecular weight excluding hydrogens is 556 g/mol. The van der Waals surface area contributed by atoms with Gasteiger partial charge in [0.2, 0.25) is 0 Å². The Labute approximate surface area is 261 Å². The first-order valence-electron chi connectivity index (χ1n) is 14.5. The third-order valence-corrected chi connectivity index (χ3v) is 7.11. The van der Waals surface area contributed by atoms with Crippen LogP contribution < -0.4 is 10.6 Å². The average molecular weight is 603 g/mol. The molecule has 1 aromatic heterocycles. The first-order chi connectivity index (χ1) is 20.6. The predicted octanol–water partition coefficient (Wildman–Crippen LogP) is 6.75. The van der Waals surface area contributed by atoms with Crippen LogP contribution in [0.5, 0.6) is 5.75 Å². The zero-order valence-corrected chi connectivity index (χ0v) is 27.1. The quantitative estimate of drug-likeness (QED) is 0.130. The normalized spacial score (nSPS) is 10.4. The van der Waals surface area contributed by atoms with E-state index in [2.05, 4.69) is 79.0 Å². The first kappa shape index (κ1) is 35.3. The van der Waals surface area contributed by atoms with E-state index in [-0.39, 0.29) is 11.7 Å². The molecule has 0 fully saturated rings. The summed E-state index contributed by atoms with van der Waals surface area (Å²) in [6, 6.07) is 22.5. The second-order valence-corrected chi connectivity index (χ2v) is 11.8. The smallest absolute Gasteiger partial charge is 0.251 e.